The minimum Gasteiger partial charge on any atom is -0.336 e. The predicted molar refractivity (Wildman–Crippen MR) is 132 cm³/mol. The number of hydrogen-bond acceptors (Lipinski definition) is 5. The zero-order valence-corrected chi connectivity index (χ0v) is 19.9. The molecular formula is C25H24ClN5OS. The van der Waals surface area contributed by atoms with Gasteiger partial charge in [0, 0.05) is 42.1 Å². The Balaban J connectivity index is 1.19. The van der Waals surface area contributed by atoms with Crippen LogP contribution in [0.3, 0.4) is 0 Å². The monoisotopic (exact) mass is 477 g/mol. The van der Waals surface area contributed by atoms with Crippen molar-refractivity contribution in [2.75, 3.05) is 26.2 Å². The quantitative estimate of drug-likeness (QED) is 0.409. The molecule has 8 heteroatoms. The fraction of sp³-hybridized carbons (Fsp3) is 0.240. The number of rotatable bonds is 5. The van der Waals surface area contributed by atoms with Crippen LogP contribution in [0.5, 0.6) is 0 Å². The third-order valence-electron chi connectivity index (χ3n) is 5.95. The van der Waals surface area contributed by atoms with Gasteiger partial charge < -0.3 is 4.90 Å². The summed E-state index contributed by atoms with van der Waals surface area (Å²) in [5.41, 5.74) is 4.54. The maximum Gasteiger partial charge on any atom is 0.257 e. The number of carbonyl (C=O) groups excluding carboxylic acids is 1. The molecule has 5 rings (SSSR count). The summed E-state index contributed by atoms with van der Waals surface area (Å²) in [6, 6.07) is 17.7. The summed E-state index contributed by atoms with van der Waals surface area (Å²) in [6.45, 7) is 5.80. The second kappa shape index (κ2) is 9.47. The van der Waals surface area contributed by atoms with Crippen LogP contribution in [0.4, 0.5) is 0 Å². The molecule has 1 amide bonds. The molecule has 1 fully saturated rings. The molecule has 0 saturated carbocycles. The Morgan fingerprint density at radius 2 is 1.76 bits per heavy atom. The largest absolute Gasteiger partial charge is 0.336 e. The number of aromatic nitrogens is 3. The van der Waals surface area contributed by atoms with Crippen molar-refractivity contribution in [3.05, 3.63) is 87.5 Å². The SMILES string of the molecule is Cc1c(C(=O)N2CCN(Cc3nc(-c4ccc(Cl)cc4)cs3)CC2)cnn1-c1ccccc1. The normalized spacial score (nSPS) is 14.5. The van der Waals surface area contributed by atoms with E-state index >= 15 is 0 Å². The van der Waals surface area contributed by atoms with Crippen molar-refractivity contribution in [2.24, 2.45) is 0 Å². The van der Waals surface area contributed by atoms with Gasteiger partial charge in [-0.3, -0.25) is 9.69 Å². The standard InChI is InChI=1S/C25H24ClN5OS/c1-18-22(15-27-31(18)21-5-3-2-4-6-21)25(32)30-13-11-29(12-14-30)16-24-28-23(17-33-24)19-7-9-20(26)10-8-19/h2-10,15,17H,11-14,16H2,1H3. The fourth-order valence-corrected chi connectivity index (χ4v) is 5.03. The first-order valence-electron chi connectivity index (χ1n) is 10.9. The average Bonchev–Trinajstić information content (AvgIpc) is 3.47. The molecule has 33 heavy (non-hydrogen) atoms. The van der Waals surface area contributed by atoms with Crippen LogP contribution in [0.1, 0.15) is 21.1 Å². The summed E-state index contributed by atoms with van der Waals surface area (Å²) in [7, 11) is 0. The molecule has 0 atom stereocenters. The number of nitrogens with zero attached hydrogens (tertiary/aromatic N) is 5. The van der Waals surface area contributed by atoms with Gasteiger partial charge in [-0.2, -0.15) is 5.10 Å². The fourth-order valence-electron chi connectivity index (χ4n) is 4.06. The Labute approximate surface area is 202 Å². The summed E-state index contributed by atoms with van der Waals surface area (Å²) >= 11 is 7.66. The van der Waals surface area contributed by atoms with E-state index in [0.29, 0.717) is 18.7 Å². The zero-order valence-electron chi connectivity index (χ0n) is 18.3. The Hall–Kier alpha value is -3.00. The molecule has 0 N–H and O–H groups in total. The molecule has 0 unspecified atom stereocenters. The molecule has 1 aliphatic rings. The summed E-state index contributed by atoms with van der Waals surface area (Å²) in [4.78, 5) is 22.2. The Morgan fingerprint density at radius 3 is 2.48 bits per heavy atom. The van der Waals surface area contributed by atoms with Crippen LogP contribution in [0, 0.1) is 6.92 Å². The van der Waals surface area contributed by atoms with Gasteiger partial charge in [0.15, 0.2) is 0 Å². The molecule has 1 saturated heterocycles. The summed E-state index contributed by atoms with van der Waals surface area (Å²) in [6.07, 6.45) is 1.69. The number of amides is 1. The summed E-state index contributed by atoms with van der Waals surface area (Å²) in [5.74, 6) is 0.0496. The van der Waals surface area contributed by atoms with E-state index in [9.17, 15) is 4.79 Å². The molecule has 2 aromatic carbocycles. The van der Waals surface area contributed by atoms with Crippen molar-refractivity contribution < 1.29 is 4.79 Å². The van der Waals surface area contributed by atoms with Crippen molar-refractivity contribution in [1.82, 2.24) is 24.6 Å². The van der Waals surface area contributed by atoms with Crippen molar-refractivity contribution in [1.29, 1.82) is 0 Å². The van der Waals surface area contributed by atoms with Crippen molar-refractivity contribution >= 4 is 28.8 Å². The van der Waals surface area contributed by atoms with Gasteiger partial charge in [0.25, 0.3) is 5.91 Å². The lowest BCUT2D eigenvalue weighted by Crippen LogP contribution is -2.48. The van der Waals surface area contributed by atoms with Crippen LogP contribution in [-0.4, -0.2) is 56.7 Å². The highest BCUT2D eigenvalue weighted by atomic mass is 35.5. The lowest BCUT2D eigenvalue weighted by atomic mass is 10.2. The van der Waals surface area contributed by atoms with Crippen LogP contribution in [0.15, 0.2) is 66.2 Å². The van der Waals surface area contributed by atoms with Crippen LogP contribution < -0.4 is 0 Å². The molecule has 4 aromatic rings. The predicted octanol–water partition coefficient (Wildman–Crippen LogP) is 4.92. The third-order valence-corrected chi connectivity index (χ3v) is 7.04. The highest BCUT2D eigenvalue weighted by Gasteiger charge is 2.25. The molecule has 2 aromatic heterocycles. The molecule has 1 aliphatic heterocycles. The smallest absolute Gasteiger partial charge is 0.257 e. The van der Waals surface area contributed by atoms with Gasteiger partial charge in [-0.15, -0.1) is 11.3 Å². The number of thiazole rings is 1. The highest BCUT2D eigenvalue weighted by molar-refractivity contribution is 7.09. The number of para-hydroxylation sites is 1. The molecule has 168 valence electrons. The van der Waals surface area contributed by atoms with Crippen LogP contribution in [0.25, 0.3) is 16.9 Å². The van der Waals surface area contributed by atoms with E-state index in [1.807, 2.05) is 71.1 Å². The van der Waals surface area contributed by atoms with Crippen LogP contribution in [-0.2, 0) is 6.54 Å². The molecular weight excluding hydrogens is 454 g/mol. The minimum absolute atomic E-state index is 0.0496. The Morgan fingerprint density at radius 1 is 1.03 bits per heavy atom. The molecule has 3 heterocycles. The lowest BCUT2D eigenvalue weighted by Gasteiger charge is -2.34. The van der Waals surface area contributed by atoms with E-state index in [4.69, 9.17) is 16.6 Å². The van der Waals surface area contributed by atoms with Gasteiger partial charge in [-0.25, -0.2) is 9.67 Å². The Bertz CT molecular complexity index is 1240. The zero-order chi connectivity index (χ0) is 22.8. The second-order valence-electron chi connectivity index (χ2n) is 8.09. The number of benzene rings is 2. The lowest BCUT2D eigenvalue weighted by molar-refractivity contribution is 0.0627. The minimum atomic E-state index is 0.0496. The van der Waals surface area contributed by atoms with Gasteiger partial charge in [0.2, 0.25) is 0 Å². The third kappa shape index (κ3) is 4.71. The molecule has 0 radical (unpaired) electrons. The van der Waals surface area contributed by atoms with Gasteiger partial charge in [-0.1, -0.05) is 41.9 Å². The first kappa shape index (κ1) is 21.8. The average molecular weight is 478 g/mol. The molecule has 0 bridgehead atoms. The number of carbonyl (C=O) groups is 1. The first-order valence-corrected chi connectivity index (χ1v) is 12.2. The van der Waals surface area contributed by atoms with Crippen molar-refractivity contribution in [2.45, 2.75) is 13.5 Å². The van der Waals surface area contributed by atoms with E-state index in [2.05, 4.69) is 15.4 Å². The molecule has 6 nitrogen and oxygen atoms in total. The molecule has 0 spiro atoms. The van der Waals surface area contributed by atoms with Crippen molar-refractivity contribution in [3.8, 4) is 16.9 Å². The van der Waals surface area contributed by atoms with E-state index in [1.165, 1.54) is 0 Å². The van der Waals surface area contributed by atoms with E-state index in [-0.39, 0.29) is 5.91 Å². The van der Waals surface area contributed by atoms with E-state index < -0.39 is 0 Å². The highest BCUT2D eigenvalue weighted by Crippen LogP contribution is 2.25. The summed E-state index contributed by atoms with van der Waals surface area (Å²) < 4.78 is 1.82. The number of hydrogen-bond donors (Lipinski definition) is 0. The van der Waals surface area contributed by atoms with E-state index in [0.717, 1.165) is 52.3 Å². The molecule has 0 aliphatic carbocycles. The van der Waals surface area contributed by atoms with Crippen molar-refractivity contribution in [3.63, 3.8) is 0 Å². The Kier molecular flexibility index (Phi) is 6.26. The van der Waals surface area contributed by atoms with Gasteiger partial charge in [-0.05, 0) is 31.2 Å². The first-order chi connectivity index (χ1) is 16.1. The second-order valence-corrected chi connectivity index (χ2v) is 9.47. The van der Waals surface area contributed by atoms with Gasteiger partial charge in [0.05, 0.1) is 35.4 Å². The van der Waals surface area contributed by atoms with Crippen LogP contribution in [0.2, 0.25) is 5.02 Å². The summed E-state index contributed by atoms with van der Waals surface area (Å²) in [5, 5.41) is 8.35. The number of piperazine rings is 1. The number of halogens is 1. The van der Waals surface area contributed by atoms with Crippen LogP contribution >= 0.6 is 22.9 Å². The maximum absolute atomic E-state index is 13.1. The van der Waals surface area contributed by atoms with Gasteiger partial charge >= 0.3 is 0 Å². The van der Waals surface area contributed by atoms with Gasteiger partial charge in [0.1, 0.15) is 5.01 Å². The van der Waals surface area contributed by atoms with E-state index in [1.54, 1.807) is 17.5 Å². The topological polar surface area (TPSA) is 54.3 Å². The maximum atomic E-state index is 13.1.